The molecular weight excluding hydrogens is 330 g/mol. The molecule has 0 radical (unpaired) electrons. The summed E-state index contributed by atoms with van der Waals surface area (Å²) < 4.78 is 8.04. The Morgan fingerprint density at radius 3 is 3.04 bits per heavy atom. The van der Waals surface area contributed by atoms with E-state index in [9.17, 15) is 5.26 Å². The summed E-state index contributed by atoms with van der Waals surface area (Å²) in [4.78, 5) is 7.37. The Hall–Kier alpha value is -2.32. The Morgan fingerprint density at radius 2 is 2.24 bits per heavy atom. The van der Waals surface area contributed by atoms with Gasteiger partial charge in [-0.15, -0.1) is 11.3 Å². The number of fused-ring (bicyclic) bond motifs is 3. The van der Waals surface area contributed by atoms with Crippen molar-refractivity contribution in [3.63, 3.8) is 0 Å². The average molecular weight is 351 g/mol. The molecule has 1 atom stereocenters. The summed E-state index contributed by atoms with van der Waals surface area (Å²) in [5.41, 5.74) is 4.22. The fourth-order valence-corrected chi connectivity index (χ4v) is 5.03. The number of aromatic nitrogens is 2. The van der Waals surface area contributed by atoms with E-state index >= 15 is 0 Å². The second kappa shape index (κ2) is 6.53. The molecule has 0 aliphatic heterocycles. The van der Waals surface area contributed by atoms with Crippen LogP contribution in [0.15, 0.2) is 24.3 Å². The van der Waals surface area contributed by atoms with Crippen molar-refractivity contribution in [2.24, 2.45) is 5.92 Å². The number of para-hydroxylation sites is 1. The highest BCUT2D eigenvalue weighted by molar-refractivity contribution is 7.17. The molecule has 3 aromatic rings. The van der Waals surface area contributed by atoms with Gasteiger partial charge < -0.3 is 4.74 Å². The number of benzene rings is 1. The number of hydrogen-bond acceptors (Lipinski definition) is 4. The van der Waals surface area contributed by atoms with E-state index in [4.69, 9.17) is 9.72 Å². The number of hydrogen-bond donors (Lipinski definition) is 0. The van der Waals surface area contributed by atoms with Crippen LogP contribution < -0.4 is 4.74 Å². The summed E-state index contributed by atoms with van der Waals surface area (Å²) in [5, 5.41) is 9.41. The number of rotatable bonds is 4. The number of nitrogens with zero attached hydrogens (tertiary/aromatic N) is 3. The van der Waals surface area contributed by atoms with Gasteiger partial charge in [0.25, 0.3) is 0 Å². The Kier molecular flexibility index (Phi) is 4.22. The molecule has 25 heavy (non-hydrogen) atoms. The standard InChI is InChI=1S/C20H21N3OS/c1-3-24-17-7-5-4-6-14(17)19-16(10-11-21)23-15-9-8-13(2)12-18(15)25-20(23)22-19/h4-7,13H,3,8-10,12H2,1-2H3. The van der Waals surface area contributed by atoms with Crippen molar-refractivity contribution in [2.45, 2.75) is 39.5 Å². The predicted octanol–water partition coefficient (Wildman–Crippen LogP) is 4.65. The third-order valence-electron chi connectivity index (χ3n) is 4.84. The zero-order valence-corrected chi connectivity index (χ0v) is 15.4. The second-order valence-corrected chi connectivity index (χ2v) is 7.67. The van der Waals surface area contributed by atoms with E-state index in [0.29, 0.717) is 13.0 Å². The molecule has 0 N–H and O–H groups in total. The zero-order chi connectivity index (χ0) is 17.4. The Balaban J connectivity index is 1.93. The zero-order valence-electron chi connectivity index (χ0n) is 14.6. The van der Waals surface area contributed by atoms with Crippen LogP contribution in [0.25, 0.3) is 16.2 Å². The molecule has 0 fully saturated rings. The highest BCUT2D eigenvalue weighted by Crippen LogP contribution is 2.38. The summed E-state index contributed by atoms with van der Waals surface area (Å²) in [7, 11) is 0. The molecule has 0 saturated heterocycles. The van der Waals surface area contributed by atoms with E-state index in [1.54, 1.807) is 11.3 Å². The molecule has 1 aliphatic carbocycles. The van der Waals surface area contributed by atoms with Gasteiger partial charge in [-0.05, 0) is 44.2 Å². The van der Waals surface area contributed by atoms with Gasteiger partial charge >= 0.3 is 0 Å². The topological polar surface area (TPSA) is 50.3 Å². The van der Waals surface area contributed by atoms with Gasteiger partial charge in [-0.25, -0.2) is 4.98 Å². The summed E-state index contributed by atoms with van der Waals surface area (Å²) in [5.74, 6) is 1.56. The number of ether oxygens (including phenoxy) is 1. The fourth-order valence-electron chi connectivity index (χ4n) is 3.68. The monoisotopic (exact) mass is 351 g/mol. The van der Waals surface area contributed by atoms with Gasteiger partial charge in [0.2, 0.25) is 0 Å². The smallest absolute Gasteiger partial charge is 0.194 e. The first kappa shape index (κ1) is 16.2. The van der Waals surface area contributed by atoms with E-state index < -0.39 is 0 Å². The lowest BCUT2D eigenvalue weighted by atomic mass is 9.93. The lowest BCUT2D eigenvalue weighted by molar-refractivity contribution is 0.341. The van der Waals surface area contributed by atoms with Gasteiger partial charge in [0.05, 0.1) is 30.5 Å². The lowest BCUT2D eigenvalue weighted by Crippen LogP contribution is -2.11. The molecule has 0 amide bonds. The van der Waals surface area contributed by atoms with Crippen molar-refractivity contribution in [1.29, 1.82) is 5.26 Å². The van der Waals surface area contributed by atoms with Gasteiger partial charge in [-0.2, -0.15) is 5.26 Å². The number of nitriles is 1. The van der Waals surface area contributed by atoms with Crippen LogP contribution in [-0.4, -0.2) is 16.0 Å². The minimum Gasteiger partial charge on any atom is -0.493 e. The van der Waals surface area contributed by atoms with Gasteiger partial charge in [0.15, 0.2) is 4.96 Å². The normalized spacial score (nSPS) is 16.6. The first-order valence-electron chi connectivity index (χ1n) is 8.84. The van der Waals surface area contributed by atoms with Crippen molar-refractivity contribution in [3.05, 3.63) is 40.5 Å². The van der Waals surface area contributed by atoms with E-state index in [-0.39, 0.29) is 0 Å². The highest BCUT2D eigenvalue weighted by Gasteiger charge is 2.26. The van der Waals surface area contributed by atoms with Gasteiger partial charge in [-0.1, -0.05) is 19.1 Å². The number of thiazole rings is 1. The summed E-state index contributed by atoms with van der Waals surface area (Å²) in [6, 6.07) is 10.3. The van der Waals surface area contributed by atoms with Crippen LogP contribution in [0, 0.1) is 17.2 Å². The fraction of sp³-hybridized carbons (Fsp3) is 0.400. The molecule has 4 rings (SSSR count). The molecule has 2 aromatic heterocycles. The van der Waals surface area contributed by atoms with E-state index in [0.717, 1.165) is 46.4 Å². The molecular formula is C20H21N3OS. The minimum absolute atomic E-state index is 0.357. The number of imidazole rings is 1. The van der Waals surface area contributed by atoms with Crippen molar-refractivity contribution < 1.29 is 4.74 Å². The Bertz CT molecular complexity index is 963. The van der Waals surface area contributed by atoms with Crippen LogP contribution in [0.5, 0.6) is 5.75 Å². The van der Waals surface area contributed by atoms with E-state index in [1.165, 1.54) is 17.0 Å². The lowest BCUT2D eigenvalue weighted by Gasteiger charge is -2.18. The van der Waals surface area contributed by atoms with E-state index in [1.807, 2.05) is 31.2 Å². The average Bonchev–Trinajstić information content (AvgIpc) is 3.12. The first-order chi connectivity index (χ1) is 12.2. The second-order valence-electron chi connectivity index (χ2n) is 6.61. The summed E-state index contributed by atoms with van der Waals surface area (Å²) in [6.07, 6.45) is 3.75. The third-order valence-corrected chi connectivity index (χ3v) is 5.95. The third kappa shape index (κ3) is 2.71. The quantitative estimate of drug-likeness (QED) is 0.687. The Labute approximate surface area is 151 Å². The maximum absolute atomic E-state index is 9.41. The Morgan fingerprint density at radius 1 is 1.40 bits per heavy atom. The maximum atomic E-state index is 9.41. The molecule has 0 spiro atoms. The van der Waals surface area contributed by atoms with Crippen molar-refractivity contribution >= 4 is 16.3 Å². The van der Waals surface area contributed by atoms with Crippen LogP contribution in [0.4, 0.5) is 0 Å². The van der Waals surface area contributed by atoms with Crippen molar-refractivity contribution in [2.75, 3.05) is 6.61 Å². The first-order valence-corrected chi connectivity index (χ1v) is 9.65. The highest BCUT2D eigenvalue weighted by atomic mass is 32.1. The van der Waals surface area contributed by atoms with Crippen LogP contribution in [-0.2, 0) is 19.3 Å². The van der Waals surface area contributed by atoms with Gasteiger partial charge in [-0.3, -0.25) is 4.40 Å². The molecule has 2 heterocycles. The molecule has 1 aromatic carbocycles. The predicted molar refractivity (Wildman–Crippen MR) is 100 cm³/mol. The van der Waals surface area contributed by atoms with E-state index in [2.05, 4.69) is 17.4 Å². The molecule has 4 nitrogen and oxygen atoms in total. The molecule has 5 heteroatoms. The molecule has 0 bridgehead atoms. The molecule has 0 saturated carbocycles. The molecule has 128 valence electrons. The summed E-state index contributed by atoms with van der Waals surface area (Å²) >= 11 is 1.78. The summed E-state index contributed by atoms with van der Waals surface area (Å²) in [6.45, 7) is 4.90. The minimum atomic E-state index is 0.357. The molecule has 1 aliphatic rings. The van der Waals surface area contributed by atoms with Gasteiger partial charge in [0.1, 0.15) is 5.75 Å². The molecule has 1 unspecified atom stereocenters. The van der Waals surface area contributed by atoms with Crippen LogP contribution in [0.1, 0.15) is 36.5 Å². The number of aryl methyl sites for hydroxylation is 1. The van der Waals surface area contributed by atoms with Crippen LogP contribution >= 0.6 is 11.3 Å². The van der Waals surface area contributed by atoms with Crippen LogP contribution in [0.3, 0.4) is 0 Å². The van der Waals surface area contributed by atoms with Crippen molar-refractivity contribution in [1.82, 2.24) is 9.38 Å². The largest absolute Gasteiger partial charge is 0.493 e. The maximum Gasteiger partial charge on any atom is 0.194 e. The van der Waals surface area contributed by atoms with Gasteiger partial charge in [0, 0.05) is 16.1 Å². The SMILES string of the molecule is CCOc1ccccc1-c1nc2sc3c(n2c1CC#N)CCC(C)C3. The van der Waals surface area contributed by atoms with Crippen LogP contribution in [0.2, 0.25) is 0 Å². The van der Waals surface area contributed by atoms with Crippen molar-refractivity contribution in [3.8, 4) is 23.1 Å².